The Balaban J connectivity index is 2.08. The Hall–Kier alpha value is -2.60. The SMILES string of the molecule is Nc1cc2c(=O)[nH]cnc2cc1Oc1cncc(Cl)c1. The molecule has 6 nitrogen and oxygen atoms in total. The average molecular weight is 289 g/mol. The average Bonchev–Trinajstić information content (AvgIpc) is 2.41. The molecule has 7 heteroatoms. The number of benzene rings is 1. The molecular formula is C13H9ClN4O2. The summed E-state index contributed by atoms with van der Waals surface area (Å²) in [7, 11) is 0. The van der Waals surface area contributed by atoms with Gasteiger partial charge in [0.05, 0.1) is 34.1 Å². The number of ether oxygens (including phenoxy) is 1. The van der Waals surface area contributed by atoms with Gasteiger partial charge in [-0.1, -0.05) is 11.6 Å². The Bertz CT molecular complexity index is 847. The number of rotatable bonds is 2. The van der Waals surface area contributed by atoms with Gasteiger partial charge in [-0.25, -0.2) is 4.98 Å². The fourth-order valence-electron chi connectivity index (χ4n) is 1.78. The molecule has 0 atom stereocenters. The van der Waals surface area contributed by atoms with E-state index in [9.17, 15) is 4.79 Å². The van der Waals surface area contributed by atoms with Crippen molar-refractivity contribution in [1.82, 2.24) is 15.0 Å². The first-order chi connectivity index (χ1) is 9.63. The van der Waals surface area contributed by atoms with Gasteiger partial charge in [0, 0.05) is 18.3 Å². The molecule has 1 aromatic carbocycles. The van der Waals surface area contributed by atoms with E-state index in [1.165, 1.54) is 24.8 Å². The zero-order chi connectivity index (χ0) is 14.1. The number of H-pyrrole nitrogens is 1. The van der Waals surface area contributed by atoms with Gasteiger partial charge in [-0.05, 0) is 6.07 Å². The van der Waals surface area contributed by atoms with Crippen molar-refractivity contribution < 1.29 is 4.74 Å². The third kappa shape index (κ3) is 2.28. The molecule has 3 N–H and O–H groups in total. The van der Waals surface area contributed by atoms with Gasteiger partial charge in [-0.2, -0.15) is 0 Å². The van der Waals surface area contributed by atoms with E-state index in [1.807, 2.05) is 0 Å². The number of nitrogens with one attached hydrogen (secondary N) is 1. The molecule has 0 fully saturated rings. The predicted octanol–water partition coefficient (Wildman–Crippen LogP) is 2.35. The van der Waals surface area contributed by atoms with Crippen molar-refractivity contribution >= 4 is 28.2 Å². The minimum absolute atomic E-state index is 0.252. The van der Waals surface area contributed by atoms with Crippen molar-refractivity contribution in [3.63, 3.8) is 0 Å². The summed E-state index contributed by atoms with van der Waals surface area (Å²) in [6, 6.07) is 4.73. The van der Waals surface area contributed by atoms with Gasteiger partial charge in [-0.3, -0.25) is 9.78 Å². The van der Waals surface area contributed by atoms with Gasteiger partial charge < -0.3 is 15.5 Å². The van der Waals surface area contributed by atoms with Crippen LogP contribution in [0.4, 0.5) is 5.69 Å². The summed E-state index contributed by atoms with van der Waals surface area (Å²) in [6.45, 7) is 0. The number of nitrogens with zero attached hydrogens (tertiary/aromatic N) is 2. The molecule has 0 amide bonds. The first-order valence-electron chi connectivity index (χ1n) is 5.69. The fraction of sp³-hybridized carbons (Fsp3) is 0. The highest BCUT2D eigenvalue weighted by molar-refractivity contribution is 6.30. The van der Waals surface area contributed by atoms with E-state index in [-0.39, 0.29) is 5.56 Å². The topological polar surface area (TPSA) is 93.9 Å². The lowest BCUT2D eigenvalue weighted by atomic mass is 10.2. The monoisotopic (exact) mass is 288 g/mol. The van der Waals surface area contributed by atoms with Crippen molar-refractivity contribution in [3.8, 4) is 11.5 Å². The van der Waals surface area contributed by atoms with Crippen LogP contribution in [0.5, 0.6) is 11.5 Å². The molecule has 0 bridgehead atoms. The summed E-state index contributed by atoms with van der Waals surface area (Å²) in [5, 5.41) is 0.859. The van der Waals surface area contributed by atoms with Crippen molar-refractivity contribution in [2.75, 3.05) is 5.73 Å². The van der Waals surface area contributed by atoms with Crippen LogP contribution in [-0.4, -0.2) is 15.0 Å². The van der Waals surface area contributed by atoms with Gasteiger partial charge in [0.1, 0.15) is 5.75 Å². The predicted molar refractivity (Wildman–Crippen MR) is 76.1 cm³/mol. The molecule has 100 valence electrons. The van der Waals surface area contributed by atoms with E-state index < -0.39 is 0 Å². The Morgan fingerprint density at radius 1 is 1.25 bits per heavy atom. The van der Waals surface area contributed by atoms with E-state index in [1.54, 1.807) is 12.1 Å². The highest BCUT2D eigenvalue weighted by Gasteiger charge is 2.08. The fourth-order valence-corrected chi connectivity index (χ4v) is 1.94. The zero-order valence-electron chi connectivity index (χ0n) is 10.1. The quantitative estimate of drug-likeness (QED) is 0.706. The first kappa shape index (κ1) is 12.4. The van der Waals surface area contributed by atoms with Crippen molar-refractivity contribution in [2.24, 2.45) is 0 Å². The van der Waals surface area contributed by atoms with Crippen LogP contribution in [-0.2, 0) is 0 Å². The molecule has 0 spiro atoms. The summed E-state index contributed by atoms with van der Waals surface area (Å²) in [4.78, 5) is 22.1. The zero-order valence-corrected chi connectivity index (χ0v) is 10.9. The number of nitrogen functional groups attached to an aromatic ring is 1. The third-order valence-electron chi connectivity index (χ3n) is 2.68. The number of fused-ring (bicyclic) bond motifs is 1. The van der Waals surface area contributed by atoms with E-state index in [0.717, 1.165) is 0 Å². The number of hydrogen-bond acceptors (Lipinski definition) is 5. The maximum Gasteiger partial charge on any atom is 0.258 e. The summed E-state index contributed by atoms with van der Waals surface area (Å²) < 4.78 is 5.61. The summed E-state index contributed by atoms with van der Waals surface area (Å²) in [5.41, 5.74) is 6.45. The second-order valence-corrected chi connectivity index (χ2v) is 4.52. The summed E-state index contributed by atoms with van der Waals surface area (Å²) >= 11 is 5.84. The number of halogens is 1. The number of aromatic amines is 1. The van der Waals surface area contributed by atoms with Crippen LogP contribution in [0.3, 0.4) is 0 Å². The first-order valence-corrected chi connectivity index (χ1v) is 6.06. The van der Waals surface area contributed by atoms with Gasteiger partial charge in [0.25, 0.3) is 5.56 Å². The van der Waals surface area contributed by atoms with Crippen LogP contribution in [0.15, 0.2) is 41.7 Å². The minimum Gasteiger partial charge on any atom is -0.453 e. The Kier molecular flexibility index (Phi) is 3.00. The molecule has 0 aliphatic carbocycles. The molecule has 20 heavy (non-hydrogen) atoms. The highest BCUT2D eigenvalue weighted by atomic mass is 35.5. The number of aromatic nitrogens is 3. The van der Waals surface area contributed by atoms with Crippen LogP contribution in [0.1, 0.15) is 0 Å². The van der Waals surface area contributed by atoms with E-state index >= 15 is 0 Å². The Labute approximate surface area is 118 Å². The molecule has 3 rings (SSSR count). The van der Waals surface area contributed by atoms with Gasteiger partial charge in [0.15, 0.2) is 5.75 Å². The van der Waals surface area contributed by atoms with Gasteiger partial charge in [-0.15, -0.1) is 0 Å². The van der Waals surface area contributed by atoms with Crippen molar-refractivity contribution in [1.29, 1.82) is 0 Å². The Morgan fingerprint density at radius 3 is 2.90 bits per heavy atom. The van der Waals surface area contributed by atoms with Crippen molar-refractivity contribution in [2.45, 2.75) is 0 Å². The lowest BCUT2D eigenvalue weighted by molar-refractivity contribution is 0.483. The Morgan fingerprint density at radius 2 is 2.10 bits per heavy atom. The highest BCUT2D eigenvalue weighted by Crippen LogP contribution is 2.30. The third-order valence-corrected chi connectivity index (χ3v) is 2.89. The molecule has 0 saturated heterocycles. The lowest BCUT2D eigenvalue weighted by Crippen LogP contribution is -2.07. The summed E-state index contributed by atoms with van der Waals surface area (Å²) in [6.07, 6.45) is 4.34. The van der Waals surface area contributed by atoms with Crippen LogP contribution in [0.2, 0.25) is 5.02 Å². The second kappa shape index (κ2) is 4.82. The molecule has 0 unspecified atom stereocenters. The molecule has 2 heterocycles. The van der Waals surface area contributed by atoms with Crippen LogP contribution >= 0.6 is 11.6 Å². The number of nitrogens with two attached hydrogens (primary N) is 1. The summed E-state index contributed by atoms with van der Waals surface area (Å²) in [5.74, 6) is 0.841. The van der Waals surface area contributed by atoms with Gasteiger partial charge in [0.2, 0.25) is 0 Å². The van der Waals surface area contributed by atoms with Gasteiger partial charge >= 0.3 is 0 Å². The smallest absolute Gasteiger partial charge is 0.258 e. The minimum atomic E-state index is -0.252. The molecule has 2 aromatic heterocycles. The van der Waals surface area contributed by atoms with E-state index in [4.69, 9.17) is 22.1 Å². The number of hydrogen-bond donors (Lipinski definition) is 2. The lowest BCUT2D eigenvalue weighted by Gasteiger charge is -2.09. The van der Waals surface area contributed by atoms with Crippen LogP contribution < -0.4 is 16.0 Å². The van der Waals surface area contributed by atoms with E-state index in [2.05, 4.69) is 15.0 Å². The normalized spacial score (nSPS) is 10.7. The van der Waals surface area contributed by atoms with Crippen LogP contribution in [0, 0.1) is 0 Å². The largest absolute Gasteiger partial charge is 0.453 e. The number of anilines is 1. The maximum absolute atomic E-state index is 11.6. The second-order valence-electron chi connectivity index (χ2n) is 4.08. The molecule has 0 aliphatic rings. The molecule has 0 aliphatic heterocycles. The molecule has 0 saturated carbocycles. The molecular weight excluding hydrogens is 280 g/mol. The standard InChI is InChI=1S/C13H9ClN4O2/c14-7-1-8(5-16-4-7)20-12-3-11-9(2-10(12)15)13(19)18-6-17-11/h1-6H,15H2,(H,17,18,19). The molecule has 0 radical (unpaired) electrons. The number of pyridine rings is 1. The van der Waals surface area contributed by atoms with Crippen molar-refractivity contribution in [3.05, 3.63) is 52.3 Å². The molecule has 3 aromatic rings. The van der Waals surface area contributed by atoms with E-state index in [0.29, 0.717) is 33.1 Å². The maximum atomic E-state index is 11.6. The van der Waals surface area contributed by atoms with Crippen LogP contribution in [0.25, 0.3) is 10.9 Å².